The van der Waals surface area contributed by atoms with Gasteiger partial charge in [-0.2, -0.15) is 0 Å². The van der Waals surface area contributed by atoms with E-state index in [9.17, 15) is 9.59 Å². The number of aromatic amines is 1. The second-order valence-corrected chi connectivity index (χ2v) is 4.05. The van der Waals surface area contributed by atoms with Gasteiger partial charge in [-0.05, 0) is 26.0 Å². The van der Waals surface area contributed by atoms with Crippen molar-refractivity contribution in [1.29, 1.82) is 0 Å². The quantitative estimate of drug-likeness (QED) is 0.774. The number of rotatable bonds is 1. The van der Waals surface area contributed by atoms with Crippen LogP contribution in [0.3, 0.4) is 0 Å². The fourth-order valence-corrected chi connectivity index (χ4v) is 1.59. The van der Waals surface area contributed by atoms with Gasteiger partial charge in [-0.1, -0.05) is 11.6 Å². The van der Waals surface area contributed by atoms with Gasteiger partial charge in [-0.15, -0.1) is 0 Å². The average molecular weight is 252 g/mol. The standard InChI is InChI=1S/C11H10ClN3O2/c1-6-3-4-8(5-13-6)15-10(16)7(2)9(12)14-11(15)17/h3-5H,1-2H3,(H,14,17). The molecule has 2 aromatic rings. The van der Waals surface area contributed by atoms with Crippen molar-refractivity contribution in [2.45, 2.75) is 13.8 Å². The molecule has 5 nitrogen and oxygen atoms in total. The van der Waals surface area contributed by atoms with Gasteiger partial charge in [0, 0.05) is 5.69 Å². The SMILES string of the molecule is Cc1ccc(-n2c(=O)[nH]c(Cl)c(C)c2=O)cn1. The molecule has 0 aromatic carbocycles. The van der Waals surface area contributed by atoms with E-state index in [4.69, 9.17) is 11.6 Å². The highest BCUT2D eigenvalue weighted by atomic mass is 35.5. The summed E-state index contributed by atoms with van der Waals surface area (Å²) in [4.78, 5) is 30.1. The molecular weight excluding hydrogens is 242 g/mol. The number of aromatic nitrogens is 3. The van der Waals surface area contributed by atoms with E-state index in [1.165, 1.54) is 6.20 Å². The zero-order valence-corrected chi connectivity index (χ0v) is 10.1. The molecular formula is C11H10ClN3O2. The van der Waals surface area contributed by atoms with Gasteiger partial charge in [0.15, 0.2) is 0 Å². The number of pyridine rings is 1. The van der Waals surface area contributed by atoms with Crippen molar-refractivity contribution in [2.75, 3.05) is 0 Å². The zero-order valence-electron chi connectivity index (χ0n) is 9.32. The number of H-pyrrole nitrogens is 1. The third kappa shape index (κ3) is 2.01. The topological polar surface area (TPSA) is 67.8 Å². The van der Waals surface area contributed by atoms with E-state index in [0.29, 0.717) is 11.3 Å². The maximum atomic E-state index is 11.9. The van der Waals surface area contributed by atoms with E-state index in [1.54, 1.807) is 19.1 Å². The number of halogens is 1. The molecule has 6 heteroatoms. The molecule has 2 rings (SSSR count). The second kappa shape index (κ2) is 4.18. The van der Waals surface area contributed by atoms with Crippen molar-refractivity contribution in [3.8, 4) is 5.69 Å². The maximum Gasteiger partial charge on any atom is 0.334 e. The highest BCUT2D eigenvalue weighted by molar-refractivity contribution is 6.30. The van der Waals surface area contributed by atoms with Gasteiger partial charge >= 0.3 is 5.69 Å². The lowest BCUT2D eigenvalue weighted by Gasteiger charge is -2.06. The molecule has 0 saturated heterocycles. The number of nitrogens with zero attached hydrogens (tertiary/aromatic N) is 2. The molecule has 0 aliphatic heterocycles. The van der Waals surface area contributed by atoms with Crippen LogP contribution in [0.4, 0.5) is 0 Å². The fourth-order valence-electron chi connectivity index (χ4n) is 1.42. The van der Waals surface area contributed by atoms with Crippen molar-refractivity contribution in [3.63, 3.8) is 0 Å². The van der Waals surface area contributed by atoms with Crippen LogP contribution in [0.2, 0.25) is 5.15 Å². The first-order valence-electron chi connectivity index (χ1n) is 4.95. The number of aryl methyl sites for hydroxylation is 1. The van der Waals surface area contributed by atoms with Crippen molar-refractivity contribution in [1.82, 2.24) is 14.5 Å². The molecule has 0 bridgehead atoms. The van der Waals surface area contributed by atoms with Gasteiger partial charge in [0.1, 0.15) is 5.15 Å². The molecule has 0 spiro atoms. The van der Waals surface area contributed by atoms with Gasteiger partial charge in [0.2, 0.25) is 0 Å². The van der Waals surface area contributed by atoms with Crippen molar-refractivity contribution >= 4 is 11.6 Å². The Morgan fingerprint density at radius 3 is 2.59 bits per heavy atom. The predicted octanol–water partition coefficient (Wildman–Crippen LogP) is 1.19. The molecule has 1 N–H and O–H groups in total. The highest BCUT2D eigenvalue weighted by Crippen LogP contribution is 2.06. The molecule has 0 aliphatic carbocycles. The normalized spacial score (nSPS) is 10.5. The van der Waals surface area contributed by atoms with Crippen LogP contribution >= 0.6 is 11.6 Å². The summed E-state index contributed by atoms with van der Waals surface area (Å²) in [7, 11) is 0. The van der Waals surface area contributed by atoms with E-state index in [0.717, 1.165) is 10.3 Å². The molecule has 0 amide bonds. The molecule has 0 aliphatic rings. The van der Waals surface area contributed by atoms with Crippen LogP contribution in [0, 0.1) is 13.8 Å². The molecule has 88 valence electrons. The van der Waals surface area contributed by atoms with E-state index in [-0.39, 0.29) is 5.15 Å². The lowest BCUT2D eigenvalue weighted by Crippen LogP contribution is -2.35. The second-order valence-electron chi connectivity index (χ2n) is 3.67. The van der Waals surface area contributed by atoms with E-state index < -0.39 is 11.2 Å². The van der Waals surface area contributed by atoms with Gasteiger partial charge < -0.3 is 0 Å². The van der Waals surface area contributed by atoms with Gasteiger partial charge in [0.05, 0.1) is 17.4 Å². The van der Waals surface area contributed by atoms with Crippen LogP contribution < -0.4 is 11.2 Å². The minimum absolute atomic E-state index is 0.0660. The third-order valence-electron chi connectivity index (χ3n) is 2.43. The minimum Gasteiger partial charge on any atom is -0.297 e. The van der Waals surface area contributed by atoms with Crippen LogP contribution in [0.5, 0.6) is 0 Å². The van der Waals surface area contributed by atoms with Gasteiger partial charge in [-0.25, -0.2) is 9.36 Å². The molecule has 2 heterocycles. The summed E-state index contributed by atoms with van der Waals surface area (Å²) in [5.41, 5.74) is 0.512. The number of hydrogen-bond donors (Lipinski definition) is 1. The Hall–Kier alpha value is -1.88. The zero-order chi connectivity index (χ0) is 12.6. The summed E-state index contributed by atoms with van der Waals surface area (Å²) in [5, 5.41) is 0.0660. The smallest absolute Gasteiger partial charge is 0.297 e. The summed E-state index contributed by atoms with van der Waals surface area (Å²) >= 11 is 5.72. The first-order chi connectivity index (χ1) is 8.00. The van der Waals surface area contributed by atoms with E-state index in [2.05, 4.69) is 9.97 Å². The molecule has 0 radical (unpaired) electrons. The van der Waals surface area contributed by atoms with Crippen LogP contribution in [0.25, 0.3) is 5.69 Å². The number of nitrogens with one attached hydrogen (secondary N) is 1. The van der Waals surface area contributed by atoms with E-state index >= 15 is 0 Å². The highest BCUT2D eigenvalue weighted by Gasteiger charge is 2.10. The Labute approximate surface area is 102 Å². The molecule has 2 aromatic heterocycles. The Morgan fingerprint density at radius 1 is 1.29 bits per heavy atom. The molecule has 0 unspecified atom stereocenters. The maximum absolute atomic E-state index is 11.9. The lowest BCUT2D eigenvalue weighted by atomic mass is 10.3. The Bertz CT molecular complexity index is 671. The molecule has 0 atom stereocenters. The Balaban J connectivity index is 2.77. The van der Waals surface area contributed by atoms with Crippen molar-refractivity contribution in [3.05, 3.63) is 55.6 Å². The Kier molecular flexibility index (Phi) is 2.85. The van der Waals surface area contributed by atoms with Crippen LogP contribution in [-0.4, -0.2) is 14.5 Å². The summed E-state index contributed by atoms with van der Waals surface area (Å²) in [6, 6.07) is 3.39. The van der Waals surface area contributed by atoms with Crippen molar-refractivity contribution in [2.24, 2.45) is 0 Å². The first kappa shape index (κ1) is 11.6. The lowest BCUT2D eigenvalue weighted by molar-refractivity contribution is 0.853. The summed E-state index contributed by atoms with van der Waals surface area (Å²) < 4.78 is 1.01. The average Bonchev–Trinajstić information content (AvgIpc) is 2.29. The van der Waals surface area contributed by atoms with Gasteiger partial charge in [0.25, 0.3) is 5.56 Å². The fraction of sp³-hybridized carbons (Fsp3) is 0.182. The minimum atomic E-state index is -0.573. The van der Waals surface area contributed by atoms with Crippen LogP contribution in [-0.2, 0) is 0 Å². The Morgan fingerprint density at radius 2 is 2.00 bits per heavy atom. The van der Waals surface area contributed by atoms with Crippen molar-refractivity contribution < 1.29 is 0 Å². The van der Waals surface area contributed by atoms with Crippen LogP contribution in [0.15, 0.2) is 27.9 Å². The summed E-state index contributed by atoms with van der Waals surface area (Å²) in [6.07, 6.45) is 1.47. The molecule has 17 heavy (non-hydrogen) atoms. The summed E-state index contributed by atoms with van der Waals surface area (Å²) in [5.74, 6) is 0. The monoisotopic (exact) mass is 251 g/mol. The summed E-state index contributed by atoms with van der Waals surface area (Å²) in [6.45, 7) is 3.38. The number of hydrogen-bond acceptors (Lipinski definition) is 3. The first-order valence-corrected chi connectivity index (χ1v) is 5.33. The van der Waals surface area contributed by atoms with E-state index in [1.807, 2.05) is 6.92 Å². The van der Waals surface area contributed by atoms with Crippen LogP contribution in [0.1, 0.15) is 11.3 Å². The predicted molar refractivity (Wildman–Crippen MR) is 64.9 cm³/mol. The molecule has 0 fully saturated rings. The third-order valence-corrected chi connectivity index (χ3v) is 2.80. The van der Waals surface area contributed by atoms with Gasteiger partial charge in [-0.3, -0.25) is 14.8 Å². The largest absolute Gasteiger partial charge is 0.334 e. The molecule has 0 saturated carbocycles.